The number of benzene rings is 8. The fourth-order valence-corrected chi connectivity index (χ4v) is 12.8. The molecule has 0 radical (unpaired) electrons. The van der Waals surface area contributed by atoms with Gasteiger partial charge >= 0.3 is 0 Å². The first-order valence-electron chi connectivity index (χ1n) is 25.1. The molecular weight excluding hydrogens is 857 g/mol. The van der Waals surface area contributed by atoms with Crippen molar-refractivity contribution in [2.45, 2.75) is 76.0 Å². The molecule has 2 fully saturated rings. The Morgan fingerprint density at radius 3 is 1.48 bits per heavy atom. The molecule has 0 saturated heterocycles. The first-order valence-corrected chi connectivity index (χ1v) is 25.9. The molecule has 0 unspecified atom stereocenters. The summed E-state index contributed by atoms with van der Waals surface area (Å²) in [5, 5.41) is 6.06. The predicted molar refractivity (Wildman–Crippen MR) is 290 cm³/mol. The zero-order chi connectivity index (χ0) is 45.7. The van der Waals surface area contributed by atoms with Crippen molar-refractivity contribution in [2.75, 3.05) is 0 Å². The van der Waals surface area contributed by atoms with E-state index in [1.165, 1.54) is 139 Å². The van der Waals surface area contributed by atoms with Crippen LogP contribution in [0, 0.1) is 0 Å². The van der Waals surface area contributed by atoms with Crippen LogP contribution < -0.4 is 0 Å². The zero-order valence-electron chi connectivity index (χ0n) is 38.7. The van der Waals surface area contributed by atoms with E-state index in [4.69, 9.17) is 19.9 Å². The fourth-order valence-electron chi connectivity index (χ4n) is 11.5. The summed E-state index contributed by atoms with van der Waals surface area (Å²) in [4.78, 5) is 20.5. The highest BCUT2D eigenvalue weighted by atomic mass is 32.1. The molecule has 2 aliphatic rings. The highest BCUT2D eigenvalue weighted by Crippen LogP contribution is 2.45. The number of aromatic nitrogens is 4. The highest BCUT2D eigenvalue weighted by Gasteiger charge is 2.20. The zero-order valence-corrected chi connectivity index (χ0v) is 39.6. The summed E-state index contributed by atoms with van der Waals surface area (Å²) >= 11 is 1.83. The van der Waals surface area contributed by atoms with Crippen LogP contribution in [-0.4, -0.2) is 19.9 Å². The van der Waals surface area contributed by atoms with E-state index in [2.05, 4.69) is 152 Å². The average molecular weight is 909 g/mol. The van der Waals surface area contributed by atoms with Crippen molar-refractivity contribution in [2.24, 2.45) is 0 Å². The van der Waals surface area contributed by atoms with Crippen molar-refractivity contribution in [3.8, 4) is 67.5 Å². The topological polar surface area (TPSA) is 51.6 Å². The summed E-state index contributed by atoms with van der Waals surface area (Å²) in [5.74, 6) is 3.30. The predicted octanol–water partition coefficient (Wildman–Crippen LogP) is 18.0. The molecule has 0 aliphatic heterocycles. The number of hydrogen-bond donors (Lipinski definition) is 0. The Labute approximate surface area is 407 Å². The number of pyridine rings is 1. The Morgan fingerprint density at radius 2 is 0.841 bits per heavy atom. The highest BCUT2D eigenvalue weighted by molar-refractivity contribution is 7.27. The SMILES string of the molecule is c1ccc(-c2nc(-c3cccc(-c4cc(-c5ccc(C6CCCCC6)cc5)cc(-c5ccc(C6CCCCC6)cc5)c4)c3)nc(-c3ccc4c(c3)sc3c5ccccc5c5ncccc5c43)n2)cc1. The normalized spacial score (nSPS) is 14.8. The number of fused-ring (bicyclic) bond motifs is 8. The molecule has 8 aromatic carbocycles. The quantitative estimate of drug-likeness (QED) is 0.143. The Morgan fingerprint density at radius 1 is 0.348 bits per heavy atom. The van der Waals surface area contributed by atoms with Crippen molar-refractivity contribution < 1.29 is 0 Å². The minimum absolute atomic E-state index is 0.646. The Kier molecular flexibility index (Phi) is 10.9. The van der Waals surface area contributed by atoms with Crippen LogP contribution in [0.2, 0.25) is 0 Å². The molecule has 334 valence electrons. The van der Waals surface area contributed by atoms with Crippen LogP contribution in [0.5, 0.6) is 0 Å². The van der Waals surface area contributed by atoms with E-state index in [-0.39, 0.29) is 0 Å². The number of hydrogen-bond acceptors (Lipinski definition) is 5. The van der Waals surface area contributed by atoms with Crippen LogP contribution in [-0.2, 0) is 0 Å². The maximum atomic E-state index is 5.29. The van der Waals surface area contributed by atoms with Gasteiger partial charge in [0.15, 0.2) is 17.5 Å². The van der Waals surface area contributed by atoms with Gasteiger partial charge in [-0.15, -0.1) is 11.3 Å². The minimum Gasteiger partial charge on any atom is -0.256 e. The monoisotopic (exact) mass is 908 g/mol. The molecule has 0 N–H and O–H groups in total. The van der Waals surface area contributed by atoms with Crippen LogP contribution >= 0.6 is 11.3 Å². The van der Waals surface area contributed by atoms with Crippen LogP contribution in [0.1, 0.15) is 87.2 Å². The molecule has 0 amide bonds. The average Bonchev–Trinajstić information content (AvgIpc) is 3.83. The Bertz CT molecular complexity index is 3600. The second kappa shape index (κ2) is 18.0. The number of thiophene rings is 1. The van der Waals surface area contributed by atoms with Crippen molar-refractivity contribution in [1.82, 2.24) is 19.9 Å². The molecule has 4 nitrogen and oxygen atoms in total. The lowest BCUT2D eigenvalue weighted by Crippen LogP contribution is -2.04. The van der Waals surface area contributed by atoms with E-state index >= 15 is 0 Å². The molecule has 2 saturated carbocycles. The van der Waals surface area contributed by atoms with Gasteiger partial charge in [-0.3, -0.25) is 4.98 Å². The third-order valence-electron chi connectivity index (χ3n) is 15.1. The lowest BCUT2D eigenvalue weighted by molar-refractivity contribution is 0.443. The van der Waals surface area contributed by atoms with E-state index in [9.17, 15) is 0 Å². The van der Waals surface area contributed by atoms with Gasteiger partial charge in [-0.25, -0.2) is 15.0 Å². The third kappa shape index (κ3) is 7.99. The molecule has 0 bridgehead atoms. The second-order valence-electron chi connectivity index (χ2n) is 19.4. The summed E-state index contributed by atoms with van der Waals surface area (Å²) < 4.78 is 2.47. The summed E-state index contributed by atoms with van der Waals surface area (Å²) in [6, 6.07) is 64.7. The maximum absolute atomic E-state index is 5.29. The summed E-state index contributed by atoms with van der Waals surface area (Å²) in [5.41, 5.74) is 14.1. The Balaban J connectivity index is 0.915. The summed E-state index contributed by atoms with van der Waals surface area (Å²) in [6.07, 6.45) is 15.2. The second-order valence-corrected chi connectivity index (χ2v) is 20.5. The fraction of sp³-hybridized carbons (Fsp3) is 0.188. The van der Waals surface area contributed by atoms with Crippen molar-refractivity contribution in [3.05, 3.63) is 193 Å². The number of rotatable bonds is 8. The van der Waals surface area contributed by atoms with Gasteiger partial charge in [0.1, 0.15) is 0 Å². The molecule has 69 heavy (non-hydrogen) atoms. The molecular formula is C64H52N4S. The van der Waals surface area contributed by atoms with Gasteiger partial charge in [0.2, 0.25) is 0 Å². The van der Waals surface area contributed by atoms with E-state index in [0.717, 1.165) is 27.8 Å². The van der Waals surface area contributed by atoms with E-state index < -0.39 is 0 Å². The van der Waals surface area contributed by atoms with Crippen molar-refractivity contribution in [3.63, 3.8) is 0 Å². The smallest absolute Gasteiger partial charge is 0.164 e. The van der Waals surface area contributed by atoms with Gasteiger partial charge in [-0.1, -0.05) is 178 Å². The standard InChI is InChI=1S/C64H52N4S/c1-4-14-41(15-5-1)43-25-29-45(30-26-43)51-37-52(46-31-27-44(28-32-46)42-16-6-2-7-17-42)39-53(38-51)48-20-12-21-49(36-48)63-66-62(47-18-8-3-9-19-47)67-64(68-63)50-33-34-56-58(40-50)69-61-55-23-11-10-22-54(55)60-57(59(56)61)24-13-35-65-60/h3,8-13,18-42H,1-2,4-7,14-17H2. The third-order valence-corrected chi connectivity index (χ3v) is 16.3. The van der Waals surface area contributed by atoms with Gasteiger partial charge in [-0.05, 0) is 118 Å². The van der Waals surface area contributed by atoms with Crippen LogP contribution in [0.15, 0.2) is 182 Å². The molecule has 5 heteroatoms. The first-order chi connectivity index (χ1) is 34.2. The van der Waals surface area contributed by atoms with Crippen LogP contribution in [0.3, 0.4) is 0 Å². The summed E-state index contributed by atoms with van der Waals surface area (Å²) in [6.45, 7) is 0. The largest absolute Gasteiger partial charge is 0.256 e. The molecule has 3 aromatic heterocycles. The molecule has 3 heterocycles. The van der Waals surface area contributed by atoms with Crippen molar-refractivity contribution in [1.29, 1.82) is 0 Å². The van der Waals surface area contributed by atoms with Crippen LogP contribution in [0.4, 0.5) is 0 Å². The maximum Gasteiger partial charge on any atom is 0.164 e. The lowest BCUT2D eigenvalue weighted by Gasteiger charge is -2.22. The lowest BCUT2D eigenvalue weighted by atomic mass is 9.83. The van der Waals surface area contributed by atoms with Gasteiger partial charge in [0.25, 0.3) is 0 Å². The Hall–Kier alpha value is -7.34. The van der Waals surface area contributed by atoms with Crippen LogP contribution in [0.25, 0.3) is 109 Å². The molecule has 2 aliphatic carbocycles. The van der Waals surface area contributed by atoms with E-state index in [1.54, 1.807) is 0 Å². The minimum atomic E-state index is 0.646. The van der Waals surface area contributed by atoms with E-state index in [0.29, 0.717) is 29.3 Å². The van der Waals surface area contributed by atoms with Crippen molar-refractivity contribution >= 4 is 53.2 Å². The van der Waals surface area contributed by atoms with Gasteiger partial charge in [-0.2, -0.15) is 0 Å². The molecule has 0 atom stereocenters. The molecule has 13 rings (SSSR count). The molecule has 0 spiro atoms. The van der Waals surface area contributed by atoms with Gasteiger partial charge in [0.05, 0.1) is 5.52 Å². The first kappa shape index (κ1) is 41.8. The number of nitrogens with zero attached hydrogens (tertiary/aromatic N) is 4. The molecule has 11 aromatic rings. The summed E-state index contributed by atoms with van der Waals surface area (Å²) in [7, 11) is 0. The van der Waals surface area contributed by atoms with Gasteiger partial charge in [0, 0.05) is 59.2 Å². The van der Waals surface area contributed by atoms with E-state index in [1.807, 2.05) is 41.8 Å². The van der Waals surface area contributed by atoms with Gasteiger partial charge < -0.3 is 0 Å².